The minimum Gasteiger partial charge on any atom is -0.462 e. The van der Waals surface area contributed by atoms with Gasteiger partial charge in [-0.1, -0.05) is 6.92 Å². The number of esters is 1. The lowest BCUT2D eigenvalue weighted by molar-refractivity contribution is 0.0526. The molecule has 0 spiro atoms. The standard InChI is InChI=1S/C15H22N4O3S/c1-3-10-7-5-6-8-19(10)15(21)23-14-17-9-11(12(16)18-14)13(20)22-4-2/h9-10H,3-8H2,1-2H3,(H2,16,17,18). The van der Waals surface area contributed by atoms with Gasteiger partial charge in [0.25, 0.3) is 5.24 Å². The number of rotatable bonds is 4. The number of nitrogens with zero attached hydrogens (tertiary/aromatic N) is 3. The summed E-state index contributed by atoms with van der Waals surface area (Å²) in [5.41, 5.74) is 5.89. The average molecular weight is 338 g/mol. The monoisotopic (exact) mass is 338 g/mol. The maximum absolute atomic E-state index is 12.4. The number of hydrogen-bond donors (Lipinski definition) is 1. The molecule has 0 aromatic carbocycles. The van der Waals surface area contributed by atoms with E-state index < -0.39 is 5.97 Å². The van der Waals surface area contributed by atoms with Gasteiger partial charge in [-0.05, 0) is 32.6 Å². The van der Waals surface area contributed by atoms with Crippen molar-refractivity contribution >= 4 is 28.8 Å². The SMILES string of the molecule is CCOC(=O)c1cnc(SC(=O)N2CCCCC2CC)nc1N. The number of aromatic nitrogens is 2. The van der Waals surface area contributed by atoms with E-state index in [9.17, 15) is 9.59 Å². The van der Waals surface area contributed by atoms with Crippen molar-refractivity contribution in [3.8, 4) is 0 Å². The van der Waals surface area contributed by atoms with E-state index in [1.165, 1.54) is 6.20 Å². The maximum Gasteiger partial charge on any atom is 0.343 e. The molecule has 0 aliphatic carbocycles. The number of nitrogens with two attached hydrogens (primary N) is 1. The lowest BCUT2D eigenvalue weighted by Gasteiger charge is -2.34. The Morgan fingerprint density at radius 3 is 2.87 bits per heavy atom. The summed E-state index contributed by atoms with van der Waals surface area (Å²) in [4.78, 5) is 34.1. The molecule has 126 valence electrons. The number of ether oxygens (including phenoxy) is 1. The summed E-state index contributed by atoms with van der Waals surface area (Å²) < 4.78 is 4.87. The van der Waals surface area contributed by atoms with Crippen LogP contribution in [0, 0.1) is 0 Å². The average Bonchev–Trinajstić information content (AvgIpc) is 2.55. The van der Waals surface area contributed by atoms with E-state index in [1.807, 2.05) is 4.90 Å². The number of likely N-dealkylation sites (tertiary alicyclic amines) is 1. The van der Waals surface area contributed by atoms with Crippen LogP contribution in [0.5, 0.6) is 0 Å². The van der Waals surface area contributed by atoms with Gasteiger partial charge in [0.1, 0.15) is 11.4 Å². The van der Waals surface area contributed by atoms with Crippen LogP contribution in [0.2, 0.25) is 0 Å². The molecule has 2 N–H and O–H groups in total. The molecule has 0 bridgehead atoms. The number of nitrogen functional groups attached to an aromatic ring is 1. The highest BCUT2D eigenvalue weighted by Gasteiger charge is 2.27. The van der Waals surface area contributed by atoms with Crippen LogP contribution in [0.1, 0.15) is 49.9 Å². The van der Waals surface area contributed by atoms with E-state index in [0.29, 0.717) is 0 Å². The molecule has 8 heteroatoms. The van der Waals surface area contributed by atoms with Crippen LogP contribution in [0.25, 0.3) is 0 Å². The Labute approximate surface area is 140 Å². The molecule has 2 heterocycles. The first kappa shape index (κ1) is 17.5. The maximum atomic E-state index is 12.4. The number of piperidine rings is 1. The van der Waals surface area contributed by atoms with Crippen LogP contribution < -0.4 is 5.73 Å². The largest absolute Gasteiger partial charge is 0.462 e. The molecule has 1 aliphatic heterocycles. The number of thioether (sulfide) groups is 1. The van der Waals surface area contributed by atoms with E-state index >= 15 is 0 Å². The molecule has 1 atom stereocenters. The van der Waals surface area contributed by atoms with Gasteiger partial charge in [-0.2, -0.15) is 0 Å². The topological polar surface area (TPSA) is 98.4 Å². The van der Waals surface area contributed by atoms with Crippen molar-refractivity contribution < 1.29 is 14.3 Å². The summed E-state index contributed by atoms with van der Waals surface area (Å²) in [5, 5.41) is 0.181. The first-order valence-corrected chi connectivity index (χ1v) is 8.66. The molecule has 1 saturated heterocycles. The molecule has 2 rings (SSSR count). The van der Waals surface area contributed by atoms with Crippen molar-refractivity contribution in [2.24, 2.45) is 0 Å². The third-order valence-corrected chi connectivity index (χ3v) is 4.59. The first-order chi connectivity index (χ1) is 11.1. The molecule has 23 heavy (non-hydrogen) atoms. The van der Waals surface area contributed by atoms with Crippen LogP contribution in [-0.4, -0.2) is 45.3 Å². The highest BCUT2D eigenvalue weighted by molar-refractivity contribution is 8.13. The third kappa shape index (κ3) is 4.34. The molecular formula is C15H22N4O3S. The second-order valence-corrected chi connectivity index (χ2v) is 6.21. The zero-order chi connectivity index (χ0) is 16.8. The van der Waals surface area contributed by atoms with E-state index in [-0.39, 0.29) is 34.4 Å². The van der Waals surface area contributed by atoms with Crippen molar-refractivity contribution in [2.45, 2.75) is 50.7 Å². The molecule has 0 saturated carbocycles. The third-order valence-electron chi connectivity index (χ3n) is 3.80. The van der Waals surface area contributed by atoms with Gasteiger partial charge >= 0.3 is 5.97 Å². The Morgan fingerprint density at radius 1 is 1.43 bits per heavy atom. The summed E-state index contributed by atoms with van der Waals surface area (Å²) in [5.74, 6) is -0.533. The molecule has 1 unspecified atom stereocenters. The molecule has 0 radical (unpaired) electrons. The number of carbonyl (C=O) groups excluding carboxylic acids is 2. The number of amides is 1. The number of anilines is 1. The minimum atomic E-state index is -0.560. The van der Waals surface area contributed by atoms with Crippen molar-refractivity contribution in [1.29, 1.82) is 0 Å². The fourth-order valence-corrected chi connectivity index (χ4v) is 3.36. The molecule has 1 amide bonds. The van der Waals surface area contributed by atoms with Gasteiger partial charge in [0.2, 0.25) is 0 Å². The predicted molar refractivity (Wildman–Crippen MR) is 88.3 cm³/mol. The Bertz CT molecular complexity index is 582. The fraction of sp³-hybridized carbons (Fsp3) is 0.600. The van der Waals surface area contributed by atoms with Gasteiger partial charge in [0.05, 0.1) is 6.61 Å². The summed E-state index contributed by atoms with van der Waals surface area (Å²) in [6, 6.07) is 0.278. The van der Waals surface area contributed by atoms with Gasteiger partial charge in [-0.3, -0.25) is 4.79 Å². The summed E-state index contributed by atoms with van der Waals surface area (Å²) in [6.07, 6.45) is 5.46. The molecule has 1 aromatic rings. The second kappa shape index (κ2) is 8.14. The zero-order valence-corrected chi connectivity index (χ0v) is 14.3. The zero-order valence-electron chi connectivity index (χ0n) is 13.4. The Morgan fingerprint density at radius 2 is 2.22 bits per heavy atom. The smallest absolute Gasteiger partial charge is 0.343 e. The van der Waals surface area contributed by atoms with E-state index in [4.69, 9.17) is 10.5 Å². The summed E-state index contributed by atoms with van der Waals surface area (Å²) in [6.45, 7) is 4.81. The van der Waals surface area contributed by atoms with Crippen molar-refractivity contribution in [3.63, 3.8) is 0 Å². The van der Waals surface area contributed by atoms with Gasteiger partial charge in [0, 0.05) is 30.5 Å². The van der Waals surface area contributed by atoms with E-state index in [2.05, 4.69) is 16.9 Å². The molecule has 1 fully saturated rings. The van der Waals surface area contributed by atoms with Gasteiger partial charge in [0.15, 0.2) is 5.16 Å². The van der Waals surface area contributed by atoms with Crippen LogP contribution in [0.15, 0.2) is 11.4 Å². The molecular weight excluding hydrogens is 316 g/mol. The second-order valence-electron chi connectivity index (χ2n) is 5.29. The number of hydrogen-bond acceptors (Lipinski definition) is 7. The molecule has 1 aliphatic rings. The minimum absolute atomic E-state index is 0.0273. The van der Waals surface area contributed by atoms with Crippen LogP contribution in [0.4, 0.5) is 10.6 Å². The summed E-state index contributed by atoms with van der Waals surface area (Å²) >= 11 is 0.950. The quantitative estimate of drug-likeness (QED) is 0.512. The number of carbonyl (C=O) groups is 2. The highest BCUT2D eigenvalue weighted by atomic mass is 32.2. The lowest BCUT2D eigenvalue weighted by Crippen LogP contribution is -2.41. The van der Waals surface area contributed by atoms with Crippen LogP contribution in [-0.2, 0) is 4.74 Å². The molecule has 7 nitrogen and oxygen atoms in total. The Kier molecular flexibility index (Phi) is 6.20. The normalized spacial score (nSPS) is 17.8. The Balaban J connectivity index is 2.06. The fourth-order valence-electron chi connectivity index (χ4n) is 2.60. The lowest BCUT2D eigenvalue weighted by atomic mass is 10.0. The van der Waals surface area contributed by atoms with Gasteiger partial charge < -0.3 is 15.4 Å². The first-order valence-electron chi connectivity index (χ1n) is 7.84. The van der Waals surface area contributed by atoms with Gasteiger partial charge in [-0.25, -0.2) is 14.8 Å². The molecule has 1 aromatic heterocycles. The summed E-state index contributed by atoms with van der Waals surface area (Å²) in [7, 11) is 0. The van der Waals surface area contributed by atoms with Crippen molar-refractivity contribution in [3.05, 3.63) is 11.8 Å². The van der Waals surface area contributed by atoms with Crippen molar-refractivity contribution in [2.75, 3.05) is 18.9 Å². The van der Waals surface area contributed by atoms with Gasteiger partial charge in [-0.15, -0.1) is 0 Å². The van der Waals surface area contributed by atoms with Crippen LogP contribution in [0.3, 0.4) is 0 Å². The van der Waals surface area contributed by atoms with E-state index in [1.54, 1.807) is 6.92 Å². The highest BCUT2D eigenvalue weighted by Crippen LogP contribution is 2.26. The van der Waals surface area contributed by atoms with Crippen molar-refractivity contribution in [1.82, 2.24) is 14.9 Å². The Hall–Kier alpha value is -1.83. The predicted octanol–water partition coefficient (Wildman–Crippen LogP) is 2.71. The van der Waals surface area contributed by atoms with E-state index in [0.717, 1.165) is 44.0 Å². The van der Waals surface area contributed by atoms with Crippen LogP contribution >= 0.6 is 11.8 Å².